The van der Waals surface area contributed by atoms with E-state index in [0.717, 1.165) is 22.1 Å². The van der Waals surface area contributed by atoms with E-state index in [0.29, 0.717) is 23.6 Å². The van der Waals surface area contributed by atoms with Gasteiger partial charge in [0.15, 0.2) is 5.76 Å². The zero-order valence-corrected chi connectivity index (χ0v) is 14.8. The van der Waals surface area contributed by atoms with E-state index in [2.05, 4.69) is 10.5 Å². The summed E-state index contributed by atoms with van der Waals surface area (Å²) in [6, 6.07) is 23.0. The molecule has 5 nitrogen and oxygen atoms in total. The Morgan fingerprint density at radius 1 is 1.00 bits per heavy atom. The van der Waals surface area contributed by atoms with Gasteiger partial charge in [0.2, 0.25) is 0 Å². The molecule has 4 rings (SSSR count). The first-order valence-corrected chi connectivity index (χ1v) is 8.60. The zero-order chi connectivity index (χ0) is 18.6. The van der Waals surface area contributed by atoms with Gasteiger partial charge in [-0.05, 0) is 35.0 Å². The molecule has 3 aromatic carbocycles. The third-order valence-electron chi connectivity index (χ3n) is 4.35. The molecule has 1 N–H and O–H groups in total. The van der Waals surface area contributed by atoms with E-state index < -0.39 is 0 Å². The van der Waals surface area contributed by atoms with Crippen LogP contribution in [0.4, 0.5) is 0 Å². The molecule has 5 heteroatoms. The summed E-state index contributed by atoms with van der Waals surface area (Å²) < 4.78 is 10.6. The summed E-state index contributed by atoms with van der Waals surface area (Å²) in [5.74, 6) is 1.23. The SMILES string of the molecule is COc1cccc(-c2cc(CNC(=O)c3ccc4ccccc4c3)no2)c1. The second-order valence-electron chi connectivity index (χ2n) is 6.16. The first kappa shape index (κ1) is 16.8. The molecule has 0 unspecified atom stereocenters. The molecule has 27 heavy (non-hydrogen) atoms. The Labute approximate surface area is 156 Å². The summed E-state index contributed by atoms with van der Waals surface area (Å²) in [6.45, 7) is 0.291. The van der Waals surface area contributed by atoms with Crippen LogP contribution < -0.4 is 10.1 Å². The van der Waals surface area contributed by atoms with E-state index in [1.165, 1.54) is 0 Å². The molecule has 1 aromatic heterocycles. The van der Waals surface area contributed by atoms with Gasteiger partial charge in [-0.1, -0.05) is 47.6 Å². The van der Waals surface area contributed by atoms with E-state index in [1.807, 2.05) is 72.8 Å². The minimum absolute atomic E-state index is 0.147. The molecule has 0 saturated heterocycles. The predicted molar refractivity (Wildman–Crippen MR) is 104 cm³/mol. The summed E-state index contributed by atoms with van der Waals surface area (Å²) in [6.07, 6.45) is 0. The topological polar surface area (TPSA) is 64.4 Å². The lowest BCUT2D eigenvalue weighted by Gasteiger charge is -2.04. The molecule has 0 atom stereocenters. The molecular formula is C22H18N2O3. The van der Waals surface area contributed by atoms with Crippen molar-refractivity contribution in [2.45, 2.75) is 6.54 Å². The van der Waals surface area contributed by atoms with Crippen LogP contribution in [0.3, 0.4) is 0 Å². The molecule has 1 heterocycles. The number of carbonyl (C=O) groups is 1. The average Bonchev–Trinajstić information content (AvgIpc) is 3.21. The van der Waals surface area contributed by atoms with Gasteiger partial charge in [0.05, 0.1) is 13.7 Å². The number of amides is 1. The van der Waals surface area contributed by atoms with Crippen molar-refractivity contribution in [1.82, 2.24) is 10.5 Å². The Balaban J connectivity index is 1.45. The van der Waals surface area contributed by atoms with Gasteiger partial charge in [-0.25, -0.2) is 0 Å². The summed E-state index contributed by atoms with van der Waals surface area (Å²) >= 11 is 0. The molecule has 0 bridgehead atoms. The standard InChI is InChI=1S/C22H18N2O3/c1-26-20-8-4-7-17(12-20)21-13-19(24-27-21)14-23-22(25)18-10-9-15-5-2-3-6-16(15)11-18/h2-13H,14H2,1H3,(H,23,25). The number of rotatable bonds is 5. The minimum atomic E-state index is -0.147. The van der Waals surface area contributed by atoms with Crippen molar-refractivity contribution in [3.63, 3.8) is 0 Å². The van der Waals surface area contributed by atoms with Crippen LogP contribution in [0.5, 0.6) is 5.75 Å². The molecule has 0 radical (unpaired) electrons. The Kier molecular flexibility index (Phi) is 4.58. The highest BCUT2D eigenvalue weighted by Gasteiger charge is 2.10. The highest BCUT2D eigenvalue weighted by atomic mass is 16.5. The van der Waals surface area contributed by atoms with E-state index in [-0.39, 0.29) is 5.91 Å². The molecule has 0 aliphatic heterocycles. The largest absolute Gasteiger partial charge is 0.497 e. The fourth-order valence-electron chi connectivity index (χ4n) is 2.91. The van der Waals surface area contributed by atoms with Gasteiger partial charge in [0, 0.05) is 17.2 Å². The van der Waals surface area contributed by atoms with Crippen molar-refractivity contribution in [2.24, 2.45) is 0 Å². The van der Waals surface area contributed by atoms with Crippen LogP contribution in [0.25, 0.3) is 22.1 Å². The average molecular weight is 358 g/mol. The second kappa shape index (κ2) is 7.33. The molecule has 1 amide bonds. The maximum absolute atomic E-state index is 12.4. The molecule has 0 saturated carbocycles. The van der Waals surface area contributed by atoms with Gasteiger partial charge in [-0.15, -0.1) is 0 Å². The van der Waals surface area contributed by atoms with Crippen LogP contribution in [-0.4, -0.2) is 18.2 Å². The number of methoxy groups -OCH3 is 1. The number of hydrogen-bond acceptors (Lipinski definition) is 4. The number of carbonyl (C=O) groups excluding carboxylic acids is 1. The normalized spacial score (nSPS) is 10.7. The Hall–Kier alpha value is -3.60. The number of nitrogens with one attached hydrogen (secondary N) is 1. The third kappa shape index (κ3) is 3.67. The Bertz CT molecular complexity index is 1100. The summed E-state index contributed by atoms with van der Waals surface area (Å²) in [4.78, 5) is 12.4. The number of nitrogens with zero attached hydrogens (tertiary/aromatic N) is 1. The van der Waals surface area contributed by atoms with E-state index in [4.69, 9.17) is 9.26 Å². The van der Waals surface area contributed by atoms with Crippen LogP contribution >= 0.6 is 0 Å². The van der Waals surface area contributed by atoms with Crippen LogP contribution in [0.2, 0.25) is 0 Å². The van der Waals surface area contributed by atoms with Gasteiger partial charge >= 0.3 is 0 Å². The minimum Gasteiger partial charge on any atom is -0.497 e. The maximum Gasteiger partial charge on any atom is 0.251 e. The predicted octanol–water partition coefficient (Wildman–Crippen LogP) is 4.43. The lowest BCUT2D eigenvalue weighted by atomic mass is 10.1. The Morgan fingerprint density at radius 2 is 1.85 bits per heavy atom. The van der Waals surface area contributed by atoms with Gasteiger partial charge in [0.25, 0.3) is 5.91 Å². The highest BCUT2D eigenvalue weighted by Crippen LogP contribution is 2.24. The highest BCUT2D eigenvalue weighted by molar-refractivity contribution is 5.98. The van der Waals surface area contributed by atoms with Crippen molar-refractivity contribution in [3.05, 3.63) is 84.1 Å². The summed E-state index contributed by atoms with van der Waals surface area (Å²) in [5.41, 5.74) is 2.14. The van der Waals surface area contributed by atoms with Crippen molar-refractivity contribution < 1.29 is 14.1 Å². The molecular weight excluding hydrogens is 340 g/mol. The third-order valence-corrected chi connectivity index (χ3v) is 4.35. The summed E-state index contributed by atoms with van der Waals surface area (Å²) in [7, 11) is 1.62. The smallest absolute Gasteiger partial charge is 0.251 e. The van der Waals surface area contributed by atoms with Crippen LogP contribution in [0, 0.1) is 0 Å². The number of hydrogen-bond donors (Lipinski definition) is 1. The van der Waals surface area contributed by atoms with Gasteiger partial charge in [0.1, 0.15) is 11.4 Å². The van der Waals surface area contributed by atoms with Crippen molar-refractivity contribution in [2.75, 3.05) is 7.11 Å². The molecule has 4 aromatic rings. The van der Waals surface area contributed by atoms with Crippen LogP contribution in [-0.2, 0) is 6.54 Å². The van der Waals surface area contributed by atoms with Crippen molar-refractivity contribution >= 4 is 16.7 Å². The first-order chi connectivity index (χ1) is 13.2. The van der Waals surface area contributed by atoms with E-state index in [9.17, 15) is 4.79 Å². The maximum atomic E-state index is 12.4. The van der Waals surface area contributed by atoms with Gasteiger partial charge < -0.3 is 14.6 Å². The van der Waals surface area contributed by atoms with E-state index in [1.54, 1.807) is 7.11 Å². The first-order valence-electron chi connectivity index (χ1n) is 8.60. The lowest BCUT2D eigenvalue weighted by Crippen LogP contribution is -2.22. The summed E-state index contributed by atoms with van der Waals surface area (Å²) in [5, 5.41) is 9.05. The number of aromatic nitrogens is 1. The fourth-order valence-corrected chi connectivity index (χ4v) is 2.91. The van der Waals surface area contributed by atoms with Crippen LogP contribution in [0.15, 0.2) is 77.3 Å². The van der Waals surface area contributed by atoms with Gasteiger partial charge in [-0.2, -0.15) is 0 Å². The van der Waals surface area contributed by atoms with Gasteiger partial charge in [-0.3, -0.25) is 4.79 Å². The van der Waals surface area contributed by atoms with Crippen molar-refractivity contribution in [1.29, 1.82) is 0 Å². The second-order valence-corrected chi connectivity index (χ2v) is 6.16. The monoisotopic (exact) mass is 358 g/mol. The number of fused-ring (bicyclic) bond motifs is 1. The molecule has 0 spiro atoms. The van der Waals surface area contributed by atoms with Crippen LogP contribution in [0.1, 0.15) is 16.1 Å². The number of benzene rings is 3. The Morgan fingerprint density at radius 3 is 2.70 bits per heavy atom. The molecule has 0 fully saturated rings. The number of ether oxygens (including phenoxy) is 1. The quantitative estimate of drug-likeness (QED) is 0.573. The lowest BCUT2D eigenvalue weighted by molar-refractivity contribution is 0.0950. The van der Waals surface area contributed by atoms with Crippen molar-refractivity contribution in [3.8, 4) is 17.1 Å². The molecule has 134 valence electrons. The molecule has 0 aliphatic rings. The van der Waals surface area contributed by atoms with E-state index >= 15 is 0 Å². The fraction of sp³-hybridized carbons (Fsp3) is 0.0909. The zero-order valence-electron chi connectivity index (χ0n) is 14.8. The molecule has 0 aliphatic carbocycles.